The predicted octanol–water partition coefficient (Wildman–Crippen LogP) is 2.46. The Balaban J connectivity index is 2.53. The number of carboxylic acids is 2. The fourth-order valence-electron chi connectivity index (χ4n) is 2.78. The fourth-order valence-corrected chi connectivity index (χ4v) is 2.78. The summed E-state index contributed by atoms with van der Waals surface area (Å²) in [5.41, 5.74) is -1.84. The molecular weight excluding hydrogens is 276 g/mol. The van der Waals surface area contributed by atoms with Gasteiger partial charge in [0.05, 0.1) is 12.5 Å². The summed E-state index contributed by atoms with van der Waals surface area (Å²) in [6.45, 7) is 2.41. The number of carbonyl (C=O) groups is 3. The summed E-state index contributed by atoms with van der Waals surface area (Å²) < 4.78 is 5.16. The minimum atomic E-state index is -1.84. The molecule has 0 spiro atoms. The molecule has 6 heteroatoms. The highest BCUT2D eigenvalue weighted by atomic mass is 16.5. The molecule has 6 nitrogen and oxygen atoms in total. The number of ether oxygens (including phenoxy) is 1. The average Bonchev–Trinajstić information content (AvgIpc) is 2.46. The van der Waals surface area contributed by atoms with Crippen LogP contribution in [0, 0.1) is 11.3 Å². The molecule has 0 aromatic rings. The summed E-state index contributed by atoms with van der Waals surface area (Å²) in [5, 5.41) is 18.4. The Hall–Kier alpha value is -1.59. The van der Waals surface area contributed by atoms with Gasteiger partial charge < -0.3 is 14.9 Å². The highest BCUT2D eigenvalue weighted by molar-refractivity contribution is 5.98. The summed E-state index contributed by atoms with van der Waals surface area (Å²) in [5.74, 6) is -3.82. The zero-order valence-electron chi connectivity index (χ0n) is 12.5. The summed E-state index contributed by atoms with van der Waals surface area (Å²) in [6, 6.07) is 0. The predicted molar refractivity (Wildman–Crippen MR) is 74.8 cm³/mol. The van der Waals surface area contributed by atoms with Gasteiger partial charge in [-0.15, -0.1) is 0 Å². The molecule has 1 atom stereocenters. The van der Waals surface area contributed by atoms with E-state index in [9.17, 15) is 24.6 Å². The topological polar surface area (TPSA) is 101 Å². The molecule has 120 valence electrons. The maximum atomic E-state index is 12.0. The lowest BCUT2D eigenvalue weighted by Gasteiger charge is -2.33. The third kappa shape index (κ3) is 4.44. The monoisotopic (exact) mass is 300 g/mol. The van der Waals surface area contributed by atoms with Gasteiger partial charge in [0.1, 0.15) is 0 Å². The third-order valence-electron chi connectivity index (χ3n) is 4.15. The van der Waals surface area contributed by atoms with Gasteiger partial charge in [-0.25, -0.2) is 0 Å². The summed E-state index contributed by atoms with van der Waals surface area (Å²) >= 11 is 0. The lowest BCUT2D eigenvalue weighted by molar-refractivity contribution is -0.170. The van der Waals surface area contributed by atoms with Crippen LogP contribution < -0.4 is 0 Å². The highest BCUT2D eigenvalue weighted by Crippen LogP contribution is 2.40. The van der Waals surface area contributed by atoms with Crippen molar-refractivity contribution in [2.75, 3.05) is 6.61 Å². The highest BCUT2D eigenvalue weighted by Gasteiger charge is 2.51. The van der Waals surface area contributed by atoms with E-state index in [1.54, 1.807) is 0 Å². The second-order valence-corrected chi connectivity index (χ2v) is 5.71. The zero-order valence-corrected chi connectivity index (χ0v) is 12.5. The number of carbonyl (C=O) groups excluding carboxylic acids is 1. The third-order valence-corrected chi connectivity index (χ3v) is 4.15. The number of rotatable bonds is 8. The summed E-state index contributed by atoms with van der Waals surface area (Å²) in [7, 11) is 0. The van der Waals surface area contributed by atoms with Crippen molar-refractivity contribution in [2.24, 2.45) is 11.3 Å². The number of carboxylic acid groups (broad SMARTS) is 2. The standard InChI is InChI=1S/C15H24O6/c1-2-3-4-5-9-21-12(16)11-7-6-8-15(10-11,13(17)18)14(19)20/h11H,2-10H2,1H3,(H,17,18)(H,19,20). The molecule has 21 heavy (non-hydrogen) atoms. The first-order valence-corrected chi connectivity index (χ1v) is 7.57. The van der Waals surface area contributed by atoms with Gasteiger partial charge in [-0.1, -0.05) is 32.6 Å². The van der Waals surface area contributed by atoms with Crippen LogP contribution in [0.2, 0.25) is 0 Å². The molecule has 0 amide bonds. The Kier molecular flexibility index (Phi) is 6.65. The van der Waals surface area contributed by atoms with Crippen LogP contribution in [0.3, 0.4) is 0 Å². The van der Waals surface area contributed by atoms with E-state index in [0.717, 1.165) is 25.7 Å². The molecule has 0 aromatic carbocycles. The molecule has 0 saturated heterocycles. The Labute approximate surface area is 124 Å². The van der Waals surface area contributed by atoms with Crippen LogP contribution in [0.15, 0.2) is 0 Å². The van der Waals surface area contributed by atoms with Crippen molar-refractivity contribution in [3.63, 3.8) is 0 Å². The Morgan fingerprint density at radius 1 is 1.14 bits per heavy atom. The van der Waals surface area contributed by atoms with Crippen molar-refractivity contribution in [3.05, 3.63) is 0 Å². The molecule has 1 aliphatic carbocycles. The summed E-state index contributed by atoms with van der Waals surface area (Å²) in [6.07, 6.45) is 4.75. The van der Waals surface area contributed by atoms with Gasteiger partial charge >= 0.3 is 17.9 Å². The van der Waals surface area contributed by atoms with Crippen LogP contribution in [0.1, 0.15) is 58.3 Å². The Bertz CT molecular complexity index is 376. The lowest BCUT2D eigenvalue weighted by atomic mass is 9.69. The van der Waals surface area contributed by atoms with Gasteiger partial charge in [-0.3, -0.25) is 14.4 Å². The van der Waals surface area contributed by atoms with E-state index < -0.39 is 29.2 Å². The molecule has 0 radical (unpaired) electrons. The molecule has 2 N–H and O–H groups in total. The van der Waals surface area contributed by atoms with Crippen LogP contribution in [-0.2, 0) is 19.1 Å². The van der Waals surface area contributed by atoms with E-state index in [2.05, 4.69) is 6.92 Å². The molecule has 1 unspecified atom stereocenters. The largest absolute Gasteiger partial charge is 0.480 e. The van der Waals surface area contributed by atoms with Crippen LogP contribution in [0.25, 0.3) is 0 Å². The van der Waals surface area contributed by atoms with E-state index in [-0.39, 0.29) is 12.8 Å². The number of unbranched alkanes of at least 4 members (excludes halogenated alkanes) is 3. The van der Waals surface area contributed by atoms with Gasteiger partial charge in [0.2, 0.25) is 0 Å². The van der Waals surface area contributed by atoms with Crippen molar-refractivity contribution in [2.45, 2.75) is 58.3 Å². The first-order chi connectivity index (χ1) is 9.94. The SMILES string of the molecule is CCCCCCOC(=O)C1CCCC(C(=O)O)(C(=O)O)C1. The molecule has 1 rings (SSSR count). The normalized spacial score (nSPS) is 20.7. The van der Waals surface area contributed by atoms with E-state index in [0.29, 0.717) is 19.4 Å². The van der Waals surface area contributed by atoms with Crippen LogP contribution in [0.5, 0.6) is 0 Å². The molecule has 0 heterocycles. The number of esters is 1. The van der Waals surface area contributed by atoms with Gasteiger partial charge in [0.15, 0.2) is 5.41 Å². The van der Waals surface area contributed by atoms with E-state index in [1.807, 2.05) is 0 Å². The van der Waals surface area contributed by atoms with Gasteiger partial charge in [-0.05, 0) is 25.7 Å². The zero-order chi connectivity index (χ0) is 15.9. The maximum Gasteiger partial charge on any atom is 0.321 e. The molecule has 1 fully saturated rings. The lowest BCUT2D eigenvalue weighted by Crippen LogP contribution is -2.45. The van der Waals surface area contributed by atoms with Crippen LogP contribution in [0.4, 0.5) is 0 Å². The molecule has 1 saturated carbocycles. The van der Waals surface area contributed by atoms with Gasteiger partial charge in [0.25, 0.3) is 0 Å². The number of hydrogen-bond acceptors (Lipinski definition) is 4. The fraction of sp³-hybridized carbons (Fsp3) is 0.800. The van der Waals surface area contributed by atoms with Crippen molar-refractivity contribution in [1.29, 1.82) is 0 Å². The van der Waals surface area contributed by atoms with E-state index in [1.165, 1.54) is 0 Å². The smallest absolute Gasteiger partial charge is 0.321 e. The molecule has 0 bridgehead atoms. The van der Waals surface area contributed by atoms with Gasteiger partial charge in [0, 0.05) is 0 Å². The minimum Gasteiger partial charge on any atom is -0.480 e. The molecular formula is C15H24O6. The van der Waals surface area contributed by atoms with E-state index in [4.69, 9.17) is 4.74 Å². The average molecular weight is 300 g/mol. The summed E-state index contributed by atoms with van der Waals surface area (Å²) in [4.78, 5) is 34.5. The van der Waals surface area contributed by atoms with E-state index >= 15 is 0 Å². The molecule has 0 aromatic heterocycles. The van der Waals surface area contributed by atoms with Crippen molar-refractivity contribution >= 4 is 17.9 Å². The Morgan fingerprint density at radius 2 is 1.81 bits per heavy atom. The second kappa shape index (κ2) is 8.00. The number of hydrogen-bond donors (Lipinski definition) is 2. The van der Waals surface area contributed by atoms with Crippen molar-refractivity contribution in [3.8, 4) is 0 Å². The van der Waals surface area contributed by atoms with Crippen LogP contribution >= 0.6 is 0 Å². The second-order valence-electron chi connectivity index (χ2n) is 5.71. The maximum absolute atomic E-state index is 12.0. The first kappa shape index (κ1) is 17.5. The molecule has 0 aliphatic heterocycles. The van der Waals surface area contributed by atoms with Gasteiger partial charge in [-0.2, -0.15) is 0 Å². The van der Waals surface area contributed by atoms with Crippen molar-refractivity contribution in [1.82, 2.24) is 0 Å². The quantitative estimate of drug-likeness (QED) is 0.405. The number of aliphatic carboxylic acids is 2. The Morgan fingerprint density at radius 3 is 2.38 bits per heavy atom. The first-order valence-electron chi connectivity index (χ1n) is 7.57. The minimum absolute atomic E-state index is 0.0674. The molecule has 1 aliphatic rings. The van der Waals surface area contributed by atoms with Crippen molar-refractivity contribution < 1.29 is 29.3 Å². The van der Waals surface area contributed by atoms with Crippen LogP contribution in [-0.4, -0.2) is 34.7 Å².